The van der Waals surface area contributed by atoms with Crippen LogP contribution in [0.1, 0.15) is 45.2 Å². The highest BCUT2D eigenvalue weighted by molar-refractivity contribution is 7.92. The zero-order valence-electron chi connectivity index (χ0n) is 22.2. The van der Waals surface area contributed by atoms with E-state index in [9.17, 15) is 18.0 Å². The van der Waals surface area contributed by atoms with Crippen LogP contribution >= 0.6 is 0 Å². The van der Waals surface area contributed by atoms with Gasteiger partial charge in [0.15, 0.2) is 0 Å². The summed E-state index contributed by atoms with van der Waals surface area (Å²) in [5.41, 5.74) is 2.17. The van der Waals surface area contributed by atoms with E-state index >= 15 is 0 Å². The second-order valence-electron chi connectivity index (χ2n) is 9.24. The Kier molecular flexibility index (Phi) is 10.8. The number of rotatable bonds is 13. The van der Waals surface area contributed by atoms with Crippen LogP contribution < -0.4 is 14.4 Å². The molecule has 0 heterocycles. The number of amides is 2. The number of nitrogens with one attached hydrogen (secondary N) is 1. The first-order valence-electron chi connectivity index (χ1n) is 12.3. The minimum atomic E-state index is -3.84. The molecule has 0 bridgehead atoms. The van der Waals surface area contributed by atoms with E-state index in [1.807, 2.05) is 52.0 Å². The maximum absolute atomic E-state index is 13.8. The Morgan fingerprint density at radius 2 is 1.75 bits per heavy atom. The van der Waals surface area contributed by atoms with E-state index in [0.29, 0.717) is 25.3 Å². The third-order valence-corrected chi connectivity index (χ3v) is 6.75. The first-order valence-corrected chi connectivity index (χ1v) is 14.1. The van der Waals surface area contributed by atoms with E-state index in [1.54, 1.807) is 31.2 Å². The topological polar surface area (TPSA) is 96.0 Å². The van der Waals surface area contributed by atoms with E-state index < -0.39 is 28.5 Å². The van der Waals surface area contributed by atoms with Crippen molar-refractivity contribution in [3.8, 4) is 5.75 Å². The maximum atomic E-state index is 13.8. The summed E-state index contributed by atoms with van der Waals surface area (Å²) >= 11 is 0. The molecule has 36 heavy (non-hydrogen) atoms. The average molecular weight is 518 g/mol. The molecule has 198 valence electrons. The number of sulfonamides is 1. The molecule has 1 atom stereocenters. The Morgan fingerprint density at radius 3 is 2.33 bits per heavy atom. The number of nitrogens with zero attached hydrogens (tertiary/aromatic N) is 2. The summed E-state index contributed by atoms with van der Waals surface area (Å²) in [6, 6.07) is 13.7. The number of ether oxygens (including phenoxy) is 1. The molecule has 0 aliphatic heterocycles. The number of hydrogen-bond acceptors (Lipinski definition) is 5. The molecular formula is C27H39N3O5S. The Bertz CT molecular complexity index is 1130. The summed E-state index contributed by atoms with van der Waals surface area (Å²) in [7, 11) is -3.84. The molecule has 0 unspecified atom stereocenters. The summed E-state index contributed by atoms with van der Waals surface area (Å²) in [5, 5.41) is 2.92. The fraction of sp³-hybridized carbons (Fsp3) is 0.481. The third kappa shape index (κ3) is 8.26. The fourth-order valence-corrected chi connectivity index (χ4v) is 4.74. The van der Waals surface area contributed by atoms with Crippen molar-refractivity contribution in [1.82, 2.24) is 10.2 Å². The van der Waals surface area contributed by atoms with Crippen molar-refractivity contribution in [3.63, 3.8) is 0 Å². The van der Waals surface area contributed by atoms with Crippen molar-refractivity contribution >= 4 is 27.5 Å². The maximum Gasteiger partial charge on any atom is 0.244 e. The van der Waals surface area contributed by atoms with Crippen LogP contribution in [0.5, 0.6) is 5.75 Å². The van der Waals surface area contributed by atoms with Crippen molar-refractivity contribution in [2.75, 3.05) is 30.3 Å². The molecular weight excluding hydrogens is 478 g/mol. The number of benzene rings is 2. The average Bonchev–Trinajstić information content (AvgIpc) is 2.81. The number of carbonyl (C=O) groups is 2. The molecule has 2 aromatic rings. The van der Waals surface area contributed by atoms with Crippen LogP contribution in [-0.2, 0) is 26.2 Å². The van der Waals surface area contributed by atoms with E-state index in [4.69, 9.17) is 4.74 Å². The van der Waals surface area contributed by atoms with Gasteiger partial charge in [-0.15, -0.1) is 0 Å². The standard InChI is InChI=1S/C27H39N3O5S/c1-7-23(27(32)28-17-20(3)4)29(18-22-13-11-12-21(5)16-22)26(31)19-30(36(6,33)34)24-14-9-10-15-25(24)35-8-2/h9-16,20,23H,7-8,17-19H2,1-6H3,(H,28,32)/t23-/m1/s1. The van der Waals surface area contributed by atoms with Crippen LogP contribution in [0.25, 0.3) is 0 Å². The first kappa shape index (κ1) is 29.2. The molecule has 2 amide bonds. The van der Waals surface area contributed by atoms with Crippen LogP contribution in [0.15, 0.2) is 48.5 Å². The molecule has 0 fully saturated rings. The van der Waals surface area contributed by atoms with Crippen LogP contribution in [0.3, 0.4) is 0 Å². The van der Waals surface area contributed by atoms with Crippen LogP contribution in [-0.4, -0.2) is 57.1 Å². The molecule has 0 saturated carbocycles. The number of anilines is 1. The van der Waals surface area contributed by atoms with Gasteiger partial charge in [-0.1, -0.05) is 62.7 Å². The van der Waals surface area contributed by atoms with E-state index in [-0.39, 0.29) is 24.1 Å². The van der Waals surface area contributed by atoms with Crippen LogP contribution in [0.2, 0.25) is 0 Å². The van der Waals surface area contributed by atoms with Crippen molar-refractivity contribution in [2.24, 2.45) is 5.92 Å². The Balaban J connectivity index is 2.47. The number of aryl methyl sites for hydroxylation is 1. The zero-order valence-corrected chi connectivity index (χ0v) is 23.0. The third-order valence-electron chi connectivity index (χ3n) is 5.62. The molecule has 2 aromatic carbocycles. The van der Waals surface area contributed by atoms with Gasteiger partial charge in [-0.25, -0.2) is 8.42 Å². The van der Waals surface area contributed by atoms with E-state index in [1.165, 1.54) is 4.90 Å². The van der Waals surface area contributed by atoms with Crippen molar-refractivity contribution in [3.05, 3.63) is 59.7 Å². The lowest BCUT2D eigenvalue weighted by Crippen LogP contribution is -2.52. The monoisotopic (exact) mass is 517 g/mol. The highest BCUT2D eigenvalue weighted by Gasteiger charge is 2.32. The van der Waals surface area contributed by atoms with Gasteiger partial charge in [-0.05, 0) is 43.9 Å². The Labute approximate surface area is 215 Å². The molecule has 1 N–H and O–H groups in total. The van der Waals surface area contributed by atoms with Crippen molar-refractivity contribution in [2.45, 2.75) is 53.6 Å². The van der Waals surface area contributed by atoms with Crippen molar-refractivity contribution < 1.29 is 22.7 Å². The molecule has 0 aromatic heterocycles. The van der Waals surface area contributed by atoms with Gasteiger partial charge < -0.3 is 15.0 Å². The summed E-state index contributed by atoms with van der Waals surface area (Å²) in [4.78, 5) is 28.4. The van der Waals surface area contributed by atoms with Crippen molar-refractivity contribution in [1.29, 1.82) is 0 Å². The minimum absolute atomic E-state index is 0.179. The second-order valence-corrected chi connectivity index (χ2v) is 11.2. The quantitative estimate of drug-likeness (QED) is 0.437. The van der Waals surface area contributed by atoms with E-state index in [0.717, 1.165) is 21.7 Å². The first-order chi connectivity index (χ1) is 17.0. The summed E-state index contributed by atoms with van der Waals surface area (Å²) in [6.07, 6.45) is 1.44. The predicted molar refractivity (Wildman–Crippen MR) is 143 cm³/mol. The smallest absolute Gasteiger partial charge is 0.244 e. The van der Waals surface area contributed by atoms with Gasteiger partial charge in [0.25, 0.3) is 0 Å². The van der Waals surface area contributed by atoms with Crippen LogP contribution in [0, 0.1) is 12.8 Å². The molecule has 0 saturated heterocycles. The number of carbonyl (C=O) groups excluding carboxylic acids is 2. The summed E-state index contributed by atoms with van der Waals surface area (Å²) in [5.74, 6) is -0.110. The molecule has 2 rings (SSSR count). The lowest BCUT2D eigenvalue weighted by molar-refractivity contribution is -0.140. The van der Waals surface area contributed by atoms with Crippen LogP contribution in [0.4, 0.5) is 5.69 Å². The SMILES string of the molecule is CCOc1ccccc1N(CC(=O)N(Cc1cccc(C)c1)[C@H](CC)C(=O)NCC(C)C)S(C)(=O)=O. The largest absolute Gasteiger partial charge is 0.492 e. The summed E-state index contributed by atoms with van der Waals surface area (Å²) in [6.45, 7) is 10.1. The minimum Gasteiger partial charge on any atom is -0.492 e. The highest BCUT2D eigenvalue weighted by Crippen LogP contribution is 2.30. The Morgan fingerprint density at radius 1 is 1.06 bits per heavy atom. The molecule has 0 radical (unpaired) electrons. The molecule has 0 aliphatic carbocycles. The predicted octanol–water partition coefficient (Wildman–Crippen LogP) is 3.74. The number of hydrogen-bond donors (Lipinski definition) is 1. The fourth-order valence-electron chi connectivity index (χ4n) is 3.88. The molecule has 0 aliphatic rings. The highest BCUT2D eigenvalue weighted by atomic mass is 32.2. The lowest BCUT2D eigenvalue weighted by Gasteiger charge is -2.33. The van der Waals surface area contributed by atoms with Gasteiger partial charge in [0.1, 0.15) is 18.3 Å². The number of para-hydroxylation sites is 2. The summed E-state index contributed by atoms with van der Waals surface area (Å²) < 4.78 is 32.3. The van der Waals surface area contributed by atoms with Gasteiger partial charge in [0.05, 0.1) is 18.6 Å². The van der Waals surface area contributed by atoms with Gasteiger partial charge in [0.2, 0.25) is 21.8 Å². The Hall–Kier alpha value is -3.07. The van der Waals surface area contributed by atoms with E-state index in [2.05, 4.69) is 5.32 Å². The molecule has 0 spiro atoms. The zero-order chi connectivity index (χ0) is 26.9. The molecule has 9 heteroatoms. The van der Waals surface area contributed by atoms with Gasteiger partial charge >= 0.3 is 0 Å². The van der Waals surface area contributed by atoms with Gasteiger partial charge in [0, 0.05) is 13.1 Å². The normalized spacial score (nSPS) is 12.2. The van der Waals surface area contributed by atoms with Gasteiger partial charge in [-0.2, -0.15) is 0 Å². The second kappa shape index (κ2) is 13.3. The molecule has 8 nitrogen and oxygen atoms in total. The van der Waals surface area contributed by atoms with Gasteiger partial charge in [-0.3, -0.25) is 13.9 Å². The lowest BCUT2D eigenvalue weighted by atomic mass is 10.1.